The first-order valence-corrected chi connectivity index (χ1v) is 13.0. The number of amides is 2. The Morgan fingerprint density at radius 1 is 1.34 bits per heavy atom. The summed E-state index contributed by atoms with van der Waals surface area (Å²) in [5, 5.41) is 47.5. The largest absolute Gasteiger partial charge is 0.477 e. The molecule has 16 nitrogen and oxygen atoms in total. The standard InChI is InChI=1S/C20H20N10O6S2/c1-36-20(21-15(32)14(31)10-5-3-2-4-6-10)17(35)30-13(16(33)34)11(8-37-18(20)30)9-38-19-24-27-28-29(19)7-12-22-25-26-23-12/h2-6,14,18,31H,7-9H2,1H3,(H,21,32)(H,33,34)(H,22,23,25,26)/t14?,18-,20-/m0/s1. The van der Waals surface area contributed by atoms with E-state index in [1.165, 1.54) is 35.3 Å². The first-order valence-electron chi connectivity index (χ1n) is 11.0. The Bertz CT molecular complexity index is 1380. The quantitative estimate of drug-likeness (QED) is 0.130. The zero-order chi connectivity index (χ0) is 26.9. The van der Waals surface area contributed by atoms with Gasteiger partial charge in [0.05, 0.1) is 0 Å². The van der Waals surface area contributed by atoms with Gasteiger partial charge in [0.15, 0.2) is 11.9 Å². The van der Waals surface area contributed by atoms with Crippen molar-refractivity contribution < 1.29 is 29.3 Å². The molecule has 0 saturated carbocycles. The number of aliphatic hydroxyl groups is 1. The van der Waals surface area contributed by atoms with Gasteiger partial charge >= 0.3 is 5.97 Å². The minimum Gasteiger partial charge on any atom is -0.477 e. The molecule has 3 atom stereocenters. The number of carboxylic acid groups (broad SMARTS) is 1. The molecule has 1 fully saturated rings. The fraction of sp³-hybridized carbons (Fsp3) is 0.350. The number of aliphatic carboxylic acids is 1. The number of β-lactam (4-membered cyclic amide) rings is 1. The van der Waals surface area contributed by atoms with Gasteiger partial charge in [-0.05, 0) is 21.6 Å². The van der Waals surface area contributed by atoms with Crippen LogP contribution in [0.15, 0.2) is 46.8 Å². The van der Waals surface area contributed by atoms with Crippen LogP contribution in [0.4, 0.5) is 0 Å². The van der Waals surface area contributed by atoms with Crippen molar-refractivity contribution in [3.63, 3.8) is 0 Å². The molecule has 0 radical (unpaired) electrons. The fourth-order valence-corrected chi connectivity index (χ4v) is 6.48. The second kappa shape index (κ2) is 10.5. The maximum Gasteiger partial charge on any atom is 0.352 e. The SMILES string of the molecule is CO[C@@]1(NC(=O)C(O)c2ccccc2)C(=O)N2C(C(=O)O)=C(CSc3nnnn3Cc3nn[nH]n3)CS[C@H]21. The third kappa shape index (κ3) is 4.51. The van der Waals surface area contributed by atoms with E-state index >= 15 is 0 Å². The van der Waals surface area contributed by atoms with Crippen LogP contribution in [0.25, 0.3) is 0 Å². The number of thioether (sulfide) groups is 2. The van der Waals surface area contributed by atoms with E-state index in [4.69, 9.17) is 4.74 Å². The third-order valence-electron chi connectivity index (χ3n) is 5.86. The molecule has 0 bridgehead atoms. The van der Waals surface area contributed by atoms with E-state index in [1.807, 2.05) is 0 Å². The third-order valence-corrected chi connectivity index (χ3v) is 8.28. The van der Waals surface area contributed by atoms with Crippen LogP contribution in [0, 0.1) is 0 Å². The van der Waals surface area contributed by atoms with Crippen molar-refractivity contribution in [1.29, 1.82) is 0 Å². The van der Waals surface area contributed by atoms with Crippen LogP contribution in [0.5, 0.6) is 0 Å². The van der Waals surface area contributed by atoms with Gasteiger partial charge in [0, 0.05) is 18.6 Å². The molecule has 1 saturated heterocycles. The monoisotopic (exact) mass is 560 g/mol. The zero-order valence-electron chi connectivity index (χ0n) is 19.6. The highest BCUT2D eigenvalue weighted by atomic mass is 32.2. The number of hydrogen-bond donors (Lipinski definition) is 4. The number of nitrogens with one attached hydrogen (secondary N) is 2. The summed E-state index contributed by atoms with van der Waals surface area (Å²) >= 11 is 2.41. The molecule has 38 heavy (non-hydrogen) atoms. The first kappa shape index (κ1) is 25.8. The van der Waals surface area contributed by atoms with E-state index in [2.05, 4.69) is 41.5 Å². The lowest BCUT2D eigenvalue weighted by Gasteiger charge is -2.55. The molecule has 2 amide bonds. The molecule has 3 aromatic rings. The van der Waals surface area contributed by atoms with Crippen LogP contribution in [0.1, 0.15) is 17.5 Å². The molecule has 2 aliphatic rings. The lowest BCUT2D eigenvalue weighted by Crippen LogP contribution is -2.81. The van der Waals surface area contributed by atoms with Gasteiger partial charge in [-0.1, -0.05) is 47.3 Å². The minimum absolute atomic E-state index is 0.156. The van der Waals surface area contributed by atoms with Crippen molar-refractivity contribution in [2.24, 2.45) is 0 Å². The number of hydrogen-bond acceptors (Lipinski definition) is 13. The highest BCUT2D eigenvalue weighted by molar-refractivity contribution is 8.01. The fourth-order valence-electron chi connectivity index (χ4n) is 4.03. The van der Waals surface area contributed by atoms with E-state index in [0.29, 0.717) is 22.1 Å². The molecule has 1 aromatic carbocycles. The molecule has 4 heterocycles. The topological polar surface area (TPSA) is 214 Å². The molecular weight excluding hydrogens is 540 g/mol. The van der Waals surface area contributed by atoms with Crippen molar-refractivity contribution >= 4 is 41.3 Å². The summed E-state index contributed by atoms with van der Waals surface area (Å²) in [7, 11) is 1.24. The Balaban J connectivity index is 1.32. The summed E-state index contributed by atoms with van der Waals surface area (Å²) in [6.07, 6.45) is -1.54. The van der Waals surface area contributed by atoms with Crippen molar-refractivity contribution in [1.82, 2.24) is 51.0 Å². The van der Waals surface area contributed by atoms with Crippen molar-refractivity contribution in [3.05, 3.63) is 53.0 Å². The molecule has 1 unspecified atom stereocenters. The lowest BCUT2D eigenvalue weighted by molar-refractivity contribution is -0.193. The Morgan fingerprint density at radius 2 is 2.13 bits per heavy atom. The number of carbonyl (C=O) groups excluding carboxylic acids is 2. The van der Waals surface area contributed by atoms with Crippen LogP contribution in [0.2, 0.25) is 0 Å². The van der Waals surface area contributed by atoms with E-state index in [9.17, 15) is 24.6 Å². The van der Waals surface area contributed by atoms with E-state index in [1.54, 1.807) is 30.3 Å². The second-order valence-electron chi connectivity index (χ2n) is 8.07. The number of rotatable bonds is 10. The molecule has 0 spiro atoms. The number of aliphatic hydroxyl groups excluding tert-OH is 1. The number of benzene rings is 1. The van der Waals surface area contributed by atoms with Gasteiger partial charge in [-0.2, -0.15) is 5.21 Å². The van der Waals surface area contributed by atoms with Gasteiger partial charge in [-0.3, -0.25) is 14.5 Å². The Labute approximate surface area is 222 Å². The highest BCUT2D eigenvalue weighted by Crippen LogP contribution is 2.47. The number of nitrogens with zero attached hydrogens (tertiary/aromatic N) is 8. The van der Waals surface area contributed by atoms with E-state index in [-0.39, 0.29) is 23.7 Å². The van der Waals surface area contributed by atoms with Gasteiger partial charge in [-0.15, -0.1) is 27.1 Å². The molecular formula is C20H20N10O6S2. The van der Waals surface area contributed by atoms with Gasteiger partial charge < -0.3 is 20.3 Å². The number of carbonyl (C=O) groups is 3. The summed E-state index contributed by atoms with van der Waals surface area (Å²) in [5.74, 6) is -2.13. The van der Waals surface area contributed by atoms with Crippen LogP contribution < -0.4 is 5.32 Å². The summed E-state index contributed by atoms with van der Waals surface area (Å²) in [5.41, 5.74) is -1.23. The predicted molar refractivity (Wildman–Crippen MR) is 129 cm³/mol. The summed E-state index contributed by atoms with van der Waals surface area (Å²) in [4.78, 5) is 39.4. The molecule has 4 N–H and O–H groups in total. The van der Waals surface area contributed by atoms with Crippen LogP contribution >= 0.6 is 23.5 Å². The number of aromatic amines is 1. The second-order valence-corrected chi connectivity index (χ2v) is 10.1. The minimum atomic E-state index is -1.83. The maximum absolute atomic E-state index is 13.3. The van der Waals surface area contributed by atoms with E-state index < -0.39 is 35.0 Å². The Kier molecular flexibility index (Phi) is 7.11. The lowest BCUT2D eigenvalue weighted by atomic mass is 9.97. The molecule has 0 aliphatic carbocycles. The maximum atomic E-state index is 13.3. The van der Waals surface area contributed by atoms with Crippen molar-refractivity contribution in [3.8, 4) is 0 Å². The Morgan fingerprint density at radius 3 is 2.82 bits per heavy atom. The van der Waals surface area contributed by atoms with E-state index in [0.717, 1.165) is 4.90 Å². The van der Waals surface area contributed by atoms with Gasteiger partial charge in [0.2, 0.25) is 5.16 Å². The van der Waals surface area contributed by atoms with Crippen LogP contribution in [-0.4, -0.2) is 103 Å². The summed E-state index contributed by atoms with van der Waals surface area (Å²) in [6, 6.07) is 8.21. The van der Waals surface area contributed by atoms with Crippen LogP contribution in [-0.2, 0) is 25.7 Å². The van der Waals surface area contributed by atoms with Crippen molar-refractivity contribution in [2.75, 3.05) is 18.6 Å². The molecule has 198 valence electrons. The number of ether oxygens (including phenoxy) is 1. The van der Waals surface area contributed by atoms with Gasteiger partial charge in [0.1, 0.15) is 17.6 Å². The number of H-pyrrole nitrogens is 1. The molecule has 2 aromatic heterocycles. The smallest absolute Gasteiger partial charge is 0.352 e. The summed E-state index contributed by atoms with van der Waals surface area (Å²) in [6.45, 7) is 0.156. The average molecular weight is 561 g/mol. The van der Waals surface area contributed by atoms with Gasteiger partial charge in [-0.25, -0.2) is 9.48 Å². The van der Waals surface area contributed by atoms with Gasteiger partial charge in [0.25, 0.3) is 17.5 Å². The average Bonchev–Trinajstić information content (AvgIpc) is 3.62. The molecule has 5 rings (SSSR count). The number of methoxy groups -OCH3 is 1. The normalized spacial score (nSPS) is 21.6. The summed E-state index contributed by atoms with van der Waals surface area (Å²) < 4.78 is 6.87. The highest BCUT2D eigenvalue weighted by Gasteiger charge is 2.66. The number of aromatic nitrogens is 8. The molecule has 2 aliphatic heterocycles. The Hall–Kier alpha value is -3.87. The van der Waals surface area contributed by atoms with Crippen molar-refractivity contribution in [2.45, 2.75) is 28.9 Å². The predicted octanol–water partition coefficient (Wildman–Crippen LogP) is -1.23. The zero-order valence-corrected chi connectivity index (χ0v) is 21.2. The number of carboxylic acids is 1. The van der Waals surface area contributed by atoms with Crippen LogP contribution in [0.3, 0.4) is 0 Å². The number of fused-ring (bicyclic) bond motifs is 1. The molecule has 18 heteroatoms. The number of tetrazole rings is 2. The first-order chi connectivity index (χ1) is 18.4.